The third kappa shape index (κ3) is 9.21. The summed E-state index contributed by atoms with van der Waals surface area (Å²) in [5.74, 6) is -1.49. The van der Waals surface area contributed by atoms with Crippen LogP contribution in [0.15, 0.2) is 18.2 Å². The van der Waals surface area contributed by atoms with Crippen molar-refractivity contribution in [2.24, 2.45) is 5.73 Å². The number of hydrogen-bond acceptors (Lipinski definition) is 5. The number of rotatable bonds is 6. The molecule has 0 atom stereocenters. The van der Waals surface area contributed by atoms with Gasteiger partial charge in [-0.25, -0.2) is 0 Å². The second-order valence-electron chi connectivity index (χ2n) is 5.84. The maximum absolute atomic E-state index is 10.5. The lowest BCUT2D eigenvalue weighted by Crippen LogP contribution is -2.38. The molecule has 0 aliphatic heterocycles. The molecule has 0 spiro atoms. The van der Waals surface area contributed by atoms with E-state index >= 15 is 0 Å². The average molecular weight is 352 g/mol. The number of quaternary nitrogens is 1. The molecule has 0 aliphatic carbocycles. The van der Waals surface area contributed by atoms with Crippen molar-refractivity contribution in [1.82, 2.24) is 0 Å². The second kappa shape index (κ2) is 9.33. The number of carbonyl (C=O) groups is 1. The predicted molar refractivity (Wildman–Crippen MR) is 80.3 cm³/mol. The largest absolute Gasteiger partial charge is 0.542 e. The van der Waals surface area contributed by atoms with Gasteiger partial charge in [0.05, 0.1) is 28.3 Å². The van der Waals surface area contributed by atoms with Gasteiger partial charge < -0.3 is 29.6 Å². The Hall–Kier alpha value is -2.00. The van der Waals surface area contributed by atoms with E-state index in [1.807, 2.05) is 18.2 Å². The molecule has 0 fully saturated rings. The van der Waals surface area contributed by atoms with Gasteiger partial charge in [-0.3, -0.25) is 0 Å². The maximum atomic E-state index is 10.5. The third-order valence-electron chi connectivity index (χ3n) is 2.71. The van der Waals surface area contributed by atoms with Crippen LogP contribution >= 0.6 is 0 Å². The second-order valence-corrected chi connectivity index (χ2v) is 5.84. The summed E-state index contributed by atoms with van der Waals surface area (Å²) in [6, 6.07) is 5.79. The van der Waals surface area contributed by atoms with Crippen LogP contribution in [0.4, 0.5) is 13.2 Å². The summed E-state index contributed by atoms with van der Waals surface area (Å²) >= 11 is 0. The van der Waals surface area contributed by atoms with Gasteiger partial charge in [0, 0.05) is 6.54 Å². The fourth-order valence-corrected chi connectivity index (χ4v) is 1.39. The summed E-state index contributed by atoms with van der Waals surface area (Å²) in [5, 5.41) is 8.78. The van der Waals surface area contributed by atoms with Gasteiger partial charge in [0.2, 0.25) is 0 Å². The highest BCUT2D eigenvalue weighted by molar-refractivity contribution is 5.70. The Balaban J connectivity index is 0.000000640. The molecule has 1 aromatic carbocycles. The smallest absolute Gasteiger partial charge is 0.430 e. The van der Waals surface area contributed by atoms with Gasteiger partial charge in [0.15, 0.2) is 11.5 Å². The first-order valence-corrected chi connectivity index (χ1v) is 6.99. The molecule has 0 radical (unpaired) electrons. The lowest BCUT2D eigenvalue weighted by atomic mass is 10.2. The minimum atomic E-state index is -5.19. The van der Waals surface area contributed by atoms with Crippen molar-refractivity contribution < 1.29 is 37.0 Å². The summed E-state index contributed by atoms with van der Waals surface area (Å²) in [5.41, 5.74) is 6.62. The van der Waals surface area contributed by atoms with Crippen molar-refractivity contribution in [1.29, 1.82) is 0 Å². The van der Waals surface area contributed by atoms with Crippen LogP contribution in [0.3, 0.4) is 0 Å². The van der Waals surface area contributed by atoms with E-state index in [4.69, 9.17) is 25.1 Å². The van der Waals surface area contributed by atoms with Crippen LogP contribution in [0.1, 0.15) is 5.56 Å². The Morgan fingerprint density at radius 1 is 1.25 bits per heavy atom. The van der Waals surface area contributed by atoms with Crippen molar-refractivity contribution in [2.45, 2.75) is 12.7 Å². The molecule has 0 amide bonds. The van der Waals surface area contributed by atoms with E-state index in [0.29, 0.717) is 13.2 Å². The van der Waals surface area contributed by atoms with Crippen LogP contribution in [-0.2, 0) is 11.3 Å². The fraction of sp³-hybridized carbons (Fsp3) is 0.533. The van der Waals surface area contributed by atoms with Crippen molar-refractivity contribution in [2.75, 3.05) is 41.4 Å². The van der Waals surface area contributed by atoms with Crippen LogP contribution in [0.25, 0.3) is 0 Å². The molecule has 138 valence electrons. The standard InChI is InChI=1S/C13H23N2O2.C2HF3O2/c1-15(2,3)7-8-17-12-6-5-11(10-14)9-13(12)16-4;3-2(4,5)1(6)7/h5-6,9H,7-8,10,14H2,1-4H3;(H,6,7)/q+1;/p-1. The highest BCUT2D eigenvalue weighted by Gasteiger charge is 2.28. The van der Waals surface area contributed by atoms with E-state index in [9.17, 15) is 13.2 Å². The van der Waals surface area contributed by atoms with E-state index in [1.54, 1.807) is 7.11 Å². The first-order chi connectivity index (χ1) is 10.9. The molecule has 0 aromatic heterocycles. The van der Waals surface area contributed by atoms with Crippen LogP contribution in [0.5, 0.6) is 11.5 Å². The van der Waals surface area contributed by atoms with Gasteiger partial charge in [-0.15, -0.1) is 0 Å². The zero-order chi connectivity index (χ0) is 19.0. The number of carboxylic acids is 1. The van der Waals surface area contributed by atoms with Crippen molar-refractivity contribution >= 4 is 5.97 Å². The molecular weight excluding hydrogens is 329 g/mol. The average Bonchev–Trinajstić information content (AvgIpc) is 2.45. The summed E-state index contributed by atoms with van der Waals surface area (Å²) in [6.45, 7) is 2.12. The molecule has 0 aliphatic rings. The molecule has 0 heterocycles. The number of benzene rings is 1. The first kappa shape index (κ1) is 22.0. The van der Waals surface area contributed by atoms with Gasteiger partial charge >= 0.3 is 6.18 Å². The predicted octanol–water partition coefficient (Wildman–Crippen LogP) is 0.538. The first-order valence-electron chi connectivity index (χ1n) is 6.99. The number of ether oxygens (including phenoxy) is 2. The molecule has 2 N–H and O–H groups in total. The summed E-state index contributed by atoms with van der Waals surface area (Å²) in [6.07, 6.45) is -5.19. The van der Waals surface area contributed by atoms with Gasteiger partial charge in [0.25, 0.3) is 0 Å². The minimum absolute atomic E-state index is 0.509. The normalized spacial score (nSPS) is 11.3. The lowest BCUT2D eigenvalue weighted by Gasteiger charge is -2.24. The zero-order valence-corrected chi connectivity index (χ0v) is 14.1. The number of halogens is 3. The third-order valence-corrected chi connectivity index (χ3v) is 2.71. The van der Waals surface area contributed by atoms with Crippen molar-refractivity contribution in [3.63, 3.8) is 0 Å². The Morgan fingerprint density at radius 3 is 2.17 bits per heavy atom. The molecule has 0 saturated heterocycles. The monoisotopic (exact) mass is 352 g/mol. The maximum Gasteiger partial charge on any atom is 0.430 e. The highest BCUT2D eigenvalue weighted by Crippen LogP contribution is 2.27. The summed E-state index contributed by atoms with van der Waals surface area (Å²) in [4.78, 5) is 8.78. The van der Waals surface area contributed by atoms with E-state index < -0.39 is 12.1 Å². The number of nitrogens with zero attached hydrogens (tertiary/aromatic N) is 1. The Kier molecular flexibility index (Phi) is 8.56. The number of carbonyl (C=O) groups excluding carboxylic acids is 1. The molecule has 1 aromatic rings. The van der Waals surface area contributed by atoms with Crippen LogP contribution in [0, 0.1) is 0 Å². The lowest BCUT2D eigenvalue weighted by molar-refractivity contribution is -0.870. The molecule has 1 rings (SSSR count). The quantitative estimate of drug-likeness (QED) is 0.756. The van der Waals surface area contributed by atoms with Crippen LogP contribution in [0.2, 0.25) is 0 Å². The number of alkyl halides is 3. The Bertz CT molecular complexity index is 528. The molecule has 0 unspecified atom stereocenters. The minimum Gasteiger partial charge on any atom is -0.542 e. The summed E-state index contributed by atoms with van der Waals surface area (Å²) in [7, 11) is 8.05. The van der Waals surface area contributed by atoms with Crippen LogP contribution in [-0.4, -0.2) is 58.0 Å². The molecule has 9 heteroatoms. The number of carboxylic acid groups (broad SMARTS) is 1. The number of aliphatic carboxylic acids is 1. The van der Waals surface area contributed by atoms with Crippen LogP contribution < -0.4 is 20.3 Å². The van der Waals surface area contributed by atoms with E-state index in [2.05, 4.69) is 21.1 Å². The fourth-order valence-electron chi connectivity index (χ4n) is 1.39. The van der Waals surface area contributed by atoms with Gasteiger partial charge in [0.1, 0.15) is 19.1 Å². The van der Waals surface area contributed by atoms with Crippen molar-refractivity contribution in [3.05, 3.63) is 23.8 Å². The number of likely N-dealkylation sites (N-methyl/N-ethyl adjacent to an activating group) is 1. The number of nitrogens with two attached hydrogens (primary N) is 1. The van der Waals surface area contributed by atoms with E-state index in [1.165, 1.54) is 0 Å². The van der Waals surface area contributed by atoms with E-state index in [0.717, 1.165) is 28.1 Å². The molecular formula is C15H23F3N2O4. The van der Waals surface area contributed by atoms with E-state index in [-0.39, 0.29) is 0 Å². The Morgan fingerprint density at radius 2 is 1.79 bits per heavy atom. The highest BCUT2D eigenvalue weighted by atomic mass is 19.4. The van der Waals surface area contributed by atoms with Gasteiger partial charge in [-0.05, 0) is 17.7 Å². The molecule has 24 heavy (non-hydrogen) atoms. The number of methoxy groups -OCH3 is 1. The van der Waals surface area contributed by atoms with Crippen molar-refractivity contribution in [3.8, 4) is 11.5 Å². The topological polar surface area (TPSA) is 84.6 Å². The zero-order valence-electron chi connectivity index (χ0n) is 14.1. The summed E-state index contributed by atoms with van der Waals surface area (Å²) < 4.78 is 43.4. The Labute approximate surface area is 139 Å². The van der Waals surface area contributed by atoms with Gasteiger partial charge in [-0.1, -0.05) is 6.07 Å². The van der Waals surface area contributed by atoms with Gasteiger partial charge in [-0.2, -0.15) is 13.2 Å². The molecule has 6 nitrogen and oxygen atoms in total. The number of hydrogen-bond donors (Lipinski definition) is 1. The molecule has 0 bridgehead atoms. The SMILES string of the molecule is COc1cc(CN)ccc1OCC[N+](C)(C)C.O=C([O-])C(F)(F)F. The molecule has 0 saturated carbocycles.